The Kier molecular flexibility index (Phi) is 8.83. The van der Waals surface area contributed by atoms with Gasteiger partial charge in [-0.15, -0.1) is 0 Å². The third-order valence-electron chi connectivity index (χ3n) is 9.14. The molecule has 4 aromatic rings. The number of likely N-dealkylation sites (N-methyl/N-ethyl adjacent to an activating group) is 1. The van der Waals surface area contributed by atoms with Crippen LogP contribution in [-0.4, -0.2) is 70.9 Å². The lowest BCUT2D eigenvalue weighted by atomic mass is 10.0. The average molecular weight is 653 g/mol. The van der Waals surface area contributed by atoms with Gasteiger partial charge in [-0.3, -0.25) is 19.2 Å². The molecule has 2 unspecified atom stereocenters. The number of carbonyl (C=O) groups is 2. The van der Waals surface area contributed by atoms with Gasteiger partial charge >= 0.3 is 0 Å². The largest absolute Gasteiger partial charge is 0.483 e. The molecule has 0 saturated carbocycles. The number of ether oxygens (including phenoxy) is 4. The summed E-state index contributed by atoms with van der Waals surface area (Å²) in [6.45, 7) is 5.06. The monoisotopic (exact) mass is 652 g/mol. The molecule has 2 fully saturated rings. The Morgan fingerprint density at radius 2 is 1.19 bits per heavy atom. The van der Waals surface area contributed by atoms with Gasteiger partial charge in [0.1, 0.15) is 13.2 Å². The van der Waals surface area contributed by atoms with Crippen molar-refractivity contribution in [1.29, 1.82) is 0 Å². The summed E-state index contributed by atoms with van der Waals surface area (Å²) in [4.78, 5) is 51.8. The van der Waals surface area contributed by atoms with E-state index in [0.717, 1.165) is 11.1 Å². The Balaban J connectivity index is 0.000000152. The van der Waals surface area contributed by atoms with E-state index < -0.39 is 0 Å². The first kappa shape index (κ1) is 31.4. The number of nitrogens with zero attached hydrogens (tertiary/aromatic N) is 3. The minimum Gasteiger partial charge on any atom is -0.483 e. The zero-order valence-electron chi connectivity index (χ0n) is 26.4. The van der Waals surface area contributed by atoms with Gasteiger partial charge in [-0.1, -0.05) is 60.7 Å². The normalized spacial score (nSPS) is 22.0. The van der Waals surface area contributed by atoms with Crippen molar-refractivity contribution in [3.05, 3.63) is 128 Å². The maximum absolute atomic E-state index is 13.0. The summed E-state index contributed by atoms with van der Waals surface area (Å²) in [6, 6.07) is 22.0. The van der Waals surface area contributed by atoms with Crippen LogP contribution in [0.15, 0.2) is 94.8 Å². The van der Waals surface area contributed by atoms with Crippen LogP contribution >= 0.6 is 0 Å². The van der Waals surface area contributed by atoms with Crippen LogP contribution in [0.1, 0.15) is 51.1 Å². The number of fused-ring (bicyclic) bond motifs is 6. The minimum atomic E-state index is -0.294. The lowest BCUT2D eigenvalue weighted by Crippen LogP contribution is -2.51. The fourth-order valence-corrected chi connectivity index (χ4v) is 6.74. The van der Waals surface area contributed by atoms with Crippen LogP contribution in [-0.2, 0) is 22.7 Å². The van der Waals surface area contributed by atoms with Crippen LogP contribution in [0.3, 0.4) is 0 Å². The summed E-state index contributed by atoms with van der Waals surface area (Å²) in [6.07, 6.45) is 3.34. The van der Waals surface area contributed by atoms with E-state index in [-0.39, 0.29) is 77.2 Å². The highest BCUT2D eigenvalue weighted by Gasteiger charge is 2.44. The van der Waals surface area contributed by atoms with E-state index >= 15 is 0 Å². The van der Waals surface area contributed by atoms with Gasteiger partial charge in [-0.25, -0.2) is 0 Å². The topological polar surface area (TPSA) is 130 Å². The summed E-state index contributed by atoms with van der Waals surface area (Å²) in [5.74, 6) is -0.244. The molecular formula is C36H36N4O8. The number of rotatable bonds is 7. The number of amides is 2. The fraction of sp³-hybridized carbons (Fsp3) is 0.333. The quantitative estimate of drug-likeness (QED) is 0.323. The Morgan fingerprint density at radius 3 is 1.79 bits per heavy atom. The Morgan fingerprint density at radius 1 is 0.667 bits per heavy atom. The van der Waals surface area contributed by atoms with E-state index in [1.54, 1.807) is 21.9 Å². The highest BCUT2D eigenvalue weighted by atomic mass is 16.5. The molecule has 4 atom stereocenters. The molecule has 48 heavy (non-hydrogen) atoms. The molecule has 12 nitrogen and oxygen atoms in total. The van der Waals surface area contributed by atoms with Gasteiger partial charge < -0.3 is 38.3 Å². The maximum atomic E-state index is 13.0. The molecule has 2 saturated heterocycles. The van der Waals surface area contributed by atoms with Gasteiger partial charge in [0.05, 0.1) is 50.6 Å². The summed E-state index contributed by atoms with van der Waals surface area (Å²) in [5.41, 5.74) is 1.93. The third-order valence-corrected chi connectivity index (χ3v) is 9.14. The first-order valence-electron chi connectivity index (χ1n) is 16.1. The standard InChI is InChI=1S/C19H20N2O4.C17H16N2O4/c1-2-20-14-11-24-12-15(14)21-9-8-16(22)18(17(21)19(20)23)25-10-13-6-4-3-5-7-13;20-14-6-7-19-13-10-22-9-12(13)18-17(21)15(19)16(14)23-8-11-4-2-1-3-5-11/h3-9,14-15H,2,10-12H2,1H3;1-7,12-13H,8-10H2,(H,18,21)/t14-,15?;12-,13?/m00/s1. The van der Waals surface area contributed by atoms with Gasteiger partial charge in [0, 0.05) is 31.1 Å². The summed E-state index contributed by atoms with van der Waals surface area (Å²) >= 11 is 0. The van der Waals surface area contributed by atoms with E-state index in [2.05, 4.69) is 5.32 Å². The number of aromatic nitrogens is 2. The first-order valence-corrected chi connectivity index (χ1v) is 16.1. The smallest absolute Gasteiger partial charge is 0.274 e. The van der Waals surface area contributed by atoms with Crippen molar-refractivity contribution in [3.8, 4) is 11.5 Å². The zero-order chi connectivity index (χ0) is 33.2. The second-order valence-corrected chi connectivity index (χ2v) is 12.0. The van der Waals surface area contributed by atoms with E-state index in [1.165, 1.54) is 12.1 Å². The fourth-order valence-electron chi connectivity index (χ4n) is 6.74. The number of carbonyl (C=O) groups excluding carboxylic acids is 2. The molecule has 4 aliphatic rings. The molecule has 2 amide bonds. The van der Waals surface area contributed by atoms with Crippen molar-refractivity contribution in [2.75, 3.05) is 33.0 Å². The Hall–Kier alpha value is -5.20. The average Bonchev–Trinajstić information content (AvgIpc) is 3.79. The van der Waals surface area contributed by atoms with Crippen molar-refractivity contribution in [1.82, 2.24) is 19.4 Å². The van der Waals surface area contributed by atoms with E-state index in [0.29, 0.717) is 38.7 Å². The molecule has 0 aliphatic carbocycles. The third kappa shape index (κ3) is 5.88. The Labute approximate surface area is 276 Å². The highest BCUT2D eigenvalue weighted by Crippen LogP contribution is 2.34. The van der Waals surface area contributed by atoms with Crippen LogP contribution in [0.25, 0.3) is 0 Å². The van der Waals surface area contributed by atoms with Crippen molar-refractivity contribution >= 4 is 11.8 Å². The van der Waals surface area contributed by atoms with E-state index in [1.807, 2.05) is 72.2 Å². The number of hydrogen-bond donors (Lipinski definition) is 1. The summed E-state index contributed by atoms with van der Waals surface area (Å²) < 4.78 is 26.2. The molecule has 0 radical (unpaired) electrons. The predicted molar refractivity (Wildman–Crippen MR) is 174 cm³/mol. The van der Waals surface area contributed by atoms with E-state index in [4.69, 9.17) is 18.9 Å². The molecule has 8 rings (SSSR count). The number of hydrogen-bond acceptors (Lipinski definition) is 8. The summed E-state index contributed by atoms with van der Waals surface area (Å²) in [7, 11) is 0. The van der Waals surface area contributed by atoms with Gasteiger partial charge in [0.2, 0.25) is 10.9 Å². The molecule has 248 valence electrons. The van der Waals surface area contributed by atoms with Crippen molar-refractivity contribution in [2.24, 2.45) is 0 Å². The lowest BCUT2D eigenvalue weighted by molar-refractivity contribution is 0.0568. The maximum Gasteiger partial charge on any atom is 0.274 e. The molecule has 2 aromatic carbocycles. The molecule has 0 spiro atoms. The van der Waals surface area contributed by atoms with Gasteiger partial charge in [-0.2, -0.15) is 0 Å². The van der Waals surface area contributed by atoms with Crippen molar-refractivity contribution < 1.29 is 28.5 Å². The number of pyridine rings is 2. The molecule has 0 bridgehead atoms. The molecule has 4 aliphatic heterocycles. The van der Waals surface area contributed by atoms with Crippen LogP contribution in [0.2, 0.25) is 0 Å². The zero-order valence-corrected chi connectivity index (χ0v) is 26.4. The van der Waals surface area contributed by atoms with Gasteiger partial charge in [0.25, 0.3) is 11.8 Å². The molecule has 6 heterocycles. The van der Waals surface area contributed by atoms with Gasteiger partial charge in [0.15, 0.2) is 22.9 Å². The van der Waals surface area contributed by atoms with E-state index in [9.17, 15) is 19.2 Å². The SMILES string of the molecule is CCN1C(=O)c2c(OCc3ccccc3)c(=O)ccn2C2COC[C@@H]21.O=C1N[C@H]2COCC2n2ccc(=O)c(OCc3ccccc3)c21. The van der Waals surface area contributed by atoms with Crippen LogP contribution in [0, 0.1) is 0 Å². The number of nitrogens with one attached hydrogen (secondary N) is 1. The number of benzene rings is 2. The van der Waals surface area contributed by atoms with Crippen LogP contribution in [0.4, 0.5) is 0 Å². The minimum absolute atomic E-state index is 0.00220. The van der Waals surface area contributed by atoms with Crippen LogP contribution < -0.4 is 25.6 Å². The lowest BCUT2D eigenvalue weighted by Gasteiger charge is -2.38. The second kappa shape index (κ2) is 13.5. The Bertz CT molecular complexity index is 1930. The second-order valence-electron chi connectivity index (χ2n) is 12.0. The van der Waals surface area contributed by atoms with Gasteiger partial charge in [-0.05, 0) is 18.1 Å². The summed E-state index contributed by atoms with van der Waals surface area (Å²) in [5, 5.41) is 2.90. The van der Waals surface area contributed by atoms with Crippen molar-refractivity contribution in [3.63, 3.8) is 0 Å². The van der Waals surface area contributed by atoms with Crippen LogP contribution in [0.5, 0.6) is 11.5 Å². The molecule has 12 heteroatoms. The molecular weight excluding hydrogens is 616 g/mol. The predicted octanol–water partition coefficient (Wildman–Crippen LogP) is 2.95. The molecule has 2 aromatic heterocycles. The van der Waals surface area contributed by atoms with Crippen molar-refractivity contribution in [2.45, 2.75) is 44.3 Å². The molecule has 1 N–H and O–H groups in total. The highest BCUT2D eigenvalue weighted by molar-refractivity contribution is 5.97. The first-order chi connectivity index (χ1) is 23.4.